The van der Waals surface area contributed by atoms with Crippen LogP contribution in [0.2, 0.25) is 0 Å². The quantitative estimate of drug-likeness (QED) is 0.163. The predicted octanol–water partition coefficient (Wildman–Crippen LogP) is 18.4. The lowest BCUT2D eigenvalue weighted by Gasteiger charge is -2.51. The third-order valence-electron chi connectivity index (χ3n) is 20.7. The molecule has 0 bridgehead atoms. The van der Waals surface area contributed by atoms with E-state index in [9.17, 15) is 0 Å². The average molecular weight is 1110 g/mol. The van der Waals surface area contributed by atoms with Gasteiger partial charge in [-0.25, -0.2) is 0 Å². The van der Waals surface area contributed by atoms with Gasteiger partial charge in [0.15, 0.2) is 7.28 Å². The normalized spacial score (nSPS) is 18.7. The third kappa shape index (κ3) is 7.76. The summed E-state index contributed by atoms with van der Waals surface area (Å²) in [5, 5.41) is 2.66. The van der Waals surface area contributed by atoms with Gasteiger partial charge in [0.2, 0.25) is 0 Å². The molecule has 1 aromatic heterocycles. The van der Waals surface area contributed by atoms with Crippen LogP contribution in [0.1, 0.15) is 150 Å². The lowest BCUT2D eigenvalue weighted by atomic mass is 9.33. The molecule has 0 saturated heterocycles. The molecule has 0 amide bonds. The van der Waals surface area contributed by atoms with E-state index in [0.717, 1.165) is 12.8 Å². The molecule has 5 heterocycles. The molecule has 9 aromatic carbocycles. The third-order valence-corrected chi connectivity index (χ3v) is 21.8. The Labute approximate surface area is 505 Å². The molecule has 4 aliphatic heterocycles. The molecular weight excluding hydrogens is 1030 g/mol. The Morgan fingerprint density at radius 2 is 1.07 bits per heavy atom. The summed E-state index contributed by atoms with van der Waals surface area (Å²) in [6.45, 7) is 33.5. The summed E-state index contributed by atoms with van der Waals surface area (Å²) in [6, 6.07) is 67.5. The van der Waals surface area contributed by atoms with Gasteiger partial charge >= 0.3 is 0 Å². The van der Waals surface area contributed by atoms with E-state index in [-0.39, 0.29) is 39.3 Å². The minimum atomic E-state index is -0.199. The van der Waals surface area contributed by atoms with Crippen LogP contribution in [0, 0.1) is 0 Å². The fraction of sp³-hybridized carbons (Fsp3) is 0.308. The maximum atomic E-state index is 2.86. The highest BCUT2D eigenvalue weighted by molar-refractivity contribution is 7.26. The van der Waals surface area contributed by atoms with E-state index >= 15 is 0 Å². The van der Waals surface area contributed by atoms with Crippen molar-refractivity contribution in [3.05, 3.63) is 198 Å². The Balaban J connectivity index is 1.13. The molecule has 0 spiro atoms. The number of nitrogens with zero attached hydrogens (tertiary/aromatic N) is 3. The number of thiophene rings is 1. The molecule has 15 rings (SSSR count). The molecule has 1 saturated carbocycles. The Bertz CT molecular complexity index is 4410. The number of hydrogen-bond acceptors (Lipinski definition) is 4. The van der Waals surface area contributed by atoms with Crippen LogP contribution in [0.3, 0.4) is 0 Å². The van der Waals surface area contributed by atoms with E-state index in [1.807, 2.05) is 11.3 Å². The maximum absolute atomic E-state index is 2.86. The fourth-order valence-electron chi connectivity index (χ4n) is 15.7. The first kappa shape index (κ1) is 53.5. The molecule has 3 nitrogen and oxygen atoms in total. The highest BCUT2D eigenvalue weighted by atomic mass is 32.1. The van der Waals surface area contributed by atoms with Gasteiger partial charge in [-0.05, 0) is 157 Å². The van der Waals surface area contributed by atoms with Crippen LogP contribution in [0.5, 0.6) is 0 Å². The zero-order valence-corrected chi connectivity index (χ0v) is 52.7. The van der Waals surface area contributed by atoms with Crippen molar-refractivity contribution in [3.63, 3.8) is 0 Å². The molecule has 10 aromatic rings. The van der Waals surface area contributed by atoms with Crippen molar-refractivity contribution in [3.8, 4) is 22.3 Å². The van der Waals surface area contributed by atoms with Gasteiger partial charge in [-0.15, -0.1) is 11.3 Å². The molecule has 2 unspecified atom stereocenters. The molecule has 417 valence electrons. The number of anilines is 8. The average Bonchev–Trinajstić information content (AvgIpc) is 1.23. The van der Waals surface area contributed by atoms with E-state index in [1.54, 1.807) is 0 Å². The van der Waals surface area contributed by atoms with Crippen LogP contribution in [-0.4, -0.2) is 19.5 Å². The van der Waals surface area contributed by atoms with E-state index in [1.165, 1.54) is 156 Å². The topological polar surface area (TPSA) is 9.72 Å². The molecule has 84 heavy (non-hydrogen) atoms. The van der Waals surface area contributed by atoms with Gasteiger partial charge < -0.3 is 14.7 Å². The Kier molecular flexibility index (Phi) is 11.5. The minimum absolute atomic E-state index is 0.00278. The standard InChI is InChI=1S/C78H78B2N3S/c1-73(2,3)48-29-35-62(55(41-48)47-23-16-15-17-24-47)82-67-46-52(83-63-36-30-50(75(7,8)9)43-57(63)77(13)39-20-21-40-78(77,83)14)45-66-70(67)80(60-34-33-53-56-42-49(74(4,5)6)32-38-68(56)84-72(53)71(60)82)61-44-51(76(10,11)12)31-37-64(61)81(66)65-28-22-27-59-69(65)54-25-18-19-26-58(54)79-59/h15-19,22-38,41-46H,20-21,39-40H2,1-14H3. The van der Waals surface area contributed by atoms with Gasteiger partial charge in [0, 0.05) is 54.9 Å². The van der Waals surface area contributed by atoms with E-state index in [2.05, 4.69) is 289 Å². The van der Waals surface area contributed by atoms with Crippen LogP contribution in [0.15, 0.2) is 170 Å². The van der Waals surface area contributed by atoms with Gasteiger partial charge in [-0.2, -0.15) is 0 Å². The molecule has 1 radical (unpaired) electrons. The van der Waals surface area contributed by atoms with Crippen molar-refractivity contribution < 1.29 is 0 Å². The van der Waals surface area contributed by atoms with E-state index in [4.69, 9.17) is 0 Å². The van der Waals surface area contributed by atoms with Gasteiger partial charge in [-0.3, -0.25) is 0 Å². The second kappa shape index (κ2) is 18.1. The fourth-order valence-corrected chi connectivity index (χ4v) is 16.9. The van der Waals surface area contributed by atoms with Gasteiger partial charge in [0.1, 0.15) is 0 Å². The van der Waals surface area contributed by atoms with E-state index in [0.29, 0.717) is 0 Å². The lowest BCUT2D eigenvalue weighted by molar-refractivity contribution is 0.195. The zero-order chi connectivity index (χ0) is 58.4. The Morgan fingerprint density at radius 3 is 1.80 bits per heavy atom. The van der Waals surface area contributed by atoms with Gasteiger partial charge in [-0.1, -0.05) is 229 Å². The van der Waals surface area contributed by atoms with Crippen LogP contribution >= 0.6 is 11.3 Å². The smallest absolute Gasteiger partial charge is 0.252 e. The lowest BCUT2D eigenvalue weighted by Crippen LogP contribution is -2.62. The Hall–Kier alpha value is -7.27. The molecule has 2 atom stereocenters. The number of rotatable bonds is 4. The van der Waals surface area contributed by atoms with Crippen molar-refractivity contribution in [1.29, 1.82) is 0 Å². The van der Waals surface area contributed by atoms with Crippen molar-refractivity contribution >= 4 is 118 Å². The van der Waals surface area contributed by atoms with Crippen LogP contribution < -0.4 is 42.0 Å². The summed E-state index contributed by atoms with van der Waals surface area (Å²) >= 11 is 1.98. The highest BCUT2D eigenvalue weighted by Crippen LogP contribution is 2.63. The van der Waals surface area contributed by atoms with Crippen LogP contribution in [0.25, 0.3) is 42.4 Å². The first-order chi connectivity index (χ1) is 39.9. The monoisotopic (exact) mass is 1110 g/mol. The predicted molar refractivity (Wildman–Crippen MR) is 367 cm³/mol. The Morgan fingerprint density at radius 1 is 0.464 bits per heavy atom. The molecule has 1 aliphatic carbocycles. The summed E-state index contributed by atoms with van der Waals surface area (Å²) in [5.41, 5.74) is 28.2. The van der Waals surface area contributed by atoms with Crippen molar-refractivity contribution in [2.45, 2.75) is 155 Å². The van der Waals surface area contributed by atoms with Gasteiger partial charge in [0.05, 0.1) is 27.3 Å². The number of fused-ring (bicyclic) bond motifs is 14. The molecule has 1 fully saturated rings. The highest BCUT2D eigenvalue weighted by Gasteiger charge is 2.58. The van der Waals surface area contributed by atoms with Crippen LogP contribution in [0.4, 0.5) is 45.5 Å². The zero-order valence-electron chi connectivity index (χ0n) is 51.9. The summed E-state index contributed by atoms with van der Waals surface area (Å²) in [5.74, 6) is 0. The van der Waals surface area contributed by atoms with Crippen molar-refractivity contribution in [2.24, 2.45) is 0 Å². The minimum Gasteiger partial charge on any atom is -0.334 e. The van der Waals surface area contributed by atoms with Gasteiger partial charge in [0.25, 0.3) is 6.71 Å². The summed E-state index contributed by atoms with van der Waals surface area (Å²) < 4.78 is 2.66. The molecule has 5 aliphatic rings. The van der Waals surface area contributed by atoms with Crippen molar-refractivity contribution in [2.75, 3.05) is 14.7 Å². The molecule has 0 N–H and O–H groups in total. The summed E-state index contributed by atoms with van der Waals surface area (Å²) in [7, 11) is 2.40. The number of hydrogen-bond donors (Lipinski definition) is 0. The first-order valence-electron chi connectivity index (χ1n) is 31.1. The molecule has 6 heteroatoms. The van der Waals surface area contributed by atoms with Crippen molar-refractivity contribution in [1.82, 2.24) is 0 Å². The van der Waals surface area contributed by atoms with Crippen LogP contribution in [-0.2, 0) is 27.1 Å². The van der Waals surface area contributed by atoms with E-state index < -0.39 is 0 Å². The largest absolute Gasteiger partial charge is 0.334 e. The number of benzene rings is 9. The maximum Gasteiger partial charge on any atom is 0.252 e. The molecular formula is C78H78B2N3S. The second-order valence-electron chi connectivity index (χ2n) is 29.9. The SMILES string of the molecule is CC(C)(C)c1ccc2c(c1)B1c3ccc4c(sc5ccc(C(C)(C)C)cc54)c3N(c3ccc(C(C)(C)C)cc3-c3ccccc3)c3cc(N4c5ccc(C(C)(C)C)cc5C5(C)CCCCC45C)cc(c31)N2c1cccc2c1-c1ccccc1[B]2. The second-order valence-corrected chi connectivity index (χ2v) is 31.0. The summed E-state index contributed by atoms with van der Waals surface area (Å²) in [4.78, 5) is 8.35. The first-order valence-corrected chi connectivity index (χ1v) is 31.9. The summed E-state index contributed by atoms with van der Waals surface area (Å²) in [6.07, 6.45) is 4.69.